The molecule has 0 aromatic rings. The Morgan fingerprint density at radius 3 is 2.30 bits per heavy atom. The minimum atomic E-state index is 0. The van der Waals surface area contributed by atoms with E-state index in [1.807, 2.05) is 23.5 Å². The molecule has 1 aliphatic rings. The van der Waals surface area contributed by atoms with E-state index in [9.17, 15) is 0 Å². The molecule has 0 spiro atoms. The van der Waals surface area contributed by atoms with Gasteiger partial charge in [0.25, 0.3) is 0 Å². The average molecular weight is 182 g/mol. The van der Waals surface area contributed by atoms with Crippen molar-refractivity contribution in [1.29, 1.82) is 0 Å². The molecular formula is C7H18OS2. The summed E-state index contributed by atoms with van der Waals surface area (Å²) in [6.07, 6.45) is 0. The first-order valence-electron chi connectivity index (χ1n) is 2.71. The normalized spacial score (nSPS) is 30.6. The van der Waals surface area contributed by atoms with Gasteiger partial charge in [-0.05, 0) is 0 Å². The Labute approximate surface area is 73.0 Å². The zero-order chi connectivity index (χ0) is 5.98. The van der Waals surface area contributed by atoms with Crippen LogP contribution in [0.3, 0.4) is 0 Å². The van der Waals surface area contributed by atoms with Crippen LogP contribution in [0.2, 0.25) is 0 Å². The monoisotopic (exact) mass is 182 g/mol. The Bertz CT molecular complexity index is 78.0. The highest BCUT2D eigenvalue weighted by atomic mass is 32.2. The fraction of sp³-hybridized carbons (Fsp3) is 1.00. The van der Waals surface area contributed by atoms with Crippen LogP contribution in [-0.4, -0.2) is 27.3 Å². The van der Waals surface area contributed by atoms with Crippen LogP contribution in [0.1, 0.15) is 21.8 Å². The van der Waals surface area contributed by atoms with E-state index in [2.05, 4.69) is 6.92 Å². The highest BCUT2D eigenvalue weighted by molar-refractivity contribution is 8.20. The van der Waals surface area contributed by atoms with Gasteiger partial charge in [0.15, 0.2) is 0 Å². The van der Waals surface area contributed by atoms with Crippen molar-refractivity contribution < 1.29 is 5.11 Å². The Morgan fingerprint density at radius 2 is 2.10 bits per heavy atom. The van der Waals surface area contributed by atoms with Crippen molar-refractivity contribution in [3.8, 4) is 0 Å². The maximum Gasteiger partial charge on any atom is 0.0736 e. The molecule has 0 saturated carbocycles. The molecule has 0 aromatic heterocycles. The molecule has 1 rings (SSSR count). The summed E-state index contributed by atoms with van der Waals surface area (Å²) in [5, 5.41) is 9.39. The second-order valence-electron chi connectivity index (χ2n) is 1.89. The van der Waals surface area contributed by atoms with Crippen molar-refractivity contribution in [2.45, 2.75) is 31.6 Å². The van der Waals surface area contributed by atoms with Gasteiger partial charge in [-0.2, -0.15) is 0 Å². The molecule has 1 N–H and O–H groups in total. The number of hydrogen-bond donors (Lipinski definition) is 1. The lowest BCUT2D eigenvalue weighted by molar-refractivity contribution is 0.316. The third kappa shape index (κ3) is 3.74. The molecule has 0 bridgehead atoms. The van der Waals surface area contributed by atoms with Gasteiger partial charge in [0, 0.05) is 11.0 Å². The van der Waals surface area contributed by atoms with E-state index in [1.54, 1.807) is 0 Å². The van der Waals surface area contributed by atoms with Crippen LogP contribution in [-0.2, 0) is 0 Å². The number of thioether (sulfide) groups is 2. The van der Waals surface area contributed by atoms with Crippen LogP contribution in [0.15, 0.2) is 0 Å². The van der Waals surface area contributed by atoms with Crippen molar-refractivity contribution in [2.24, 2.45) is 0 Å². The molecule has 1 fully saturated rings. The second-order valence-corrected chi connectivity index (χ2v) is 5.07. The Kier molecular flexibility index (Phi) is 8.46. The molecule has 1 aliphatic heterocycles. The summed E-state index contributed by atoms with van der Waals surface area (Å²) in [5.74, 6) is 1.20. The molecular weight excluding hydrogens is 164 g/mol. The van der Waals surface area contributed by atoms with Crippen LogP contribution in [0, 0.1) is 0 Å². The predicted octanol–water partition coefficient (Wildman–Crippen LogP) is 2.45. The Balaban J connectivity index is 0. The van der Waals surface area contributed by atoms with Crippen LogP contribution >= 0.6 is 23.5 Å². The first-order valence-corrected chi connectivity index (χ1v) is 4.70. The van der Waals surface area contributed by atoms with Gasteiger partial charge in [-0.25, -0.2) is 0 Å². The molecule has 10 heavy (non-hydrogen) atoms. The fourth-order valence-electron chi connectivity index (χ4n) is 0.676. The van der Waals surface area contributed by atoms with Gasteiger partial charge in [-0.1, -0.05) is 21.8 Å². The van der Waals surface area contributed by atoms with Crippen molar-refractivity contribution in [1.82, 2.24) is 0 Å². The maximum atomic E-state index is 8.64. The Morgan fingerprint density at radius 1 is 1.50 bits per heavy atom. The summed E-state index contributed by atoms with van der Waals surface area (Å²) in [7, 11) is 0. The molecule has 0 radical (unpaired) electrons. The summed E-state index contributed by atoms with van der Waals surface area (Å²) in [6.45, 7) is 2.53. The zero-order valence-electron chi connectivity index (χ0n) is 4.83. The molecule has 2 unspecified atom stereocenters. The number of rotatable bonds is 1. The maximum absolute atomic E-state index is 8.64. The number of aliphatic hydroxyl groups excluding tert-OH is 1. The van der Waals surface area contributed by atoms with Crippen LogP contribution in [0.4, 0.5) is 0 Å². The third-order valence-corrected chi connectivity index (χ3v) is 4.30. The fourth-order valence-corrected chi connectivity index (χ4v) is 3.54. The quantitative estimate of drug-likeness (QED) is 0.672. The molecule has 0 aromatic carbocycles. The van der Waals surface area contributed by atoms with E-state index in [-0.39, 0.29) is 14.9 Å². The van der Waals surface area contributed by atoms with E-state index in [1.165, 1.54) is 5.75 Å². The molecule has 0 aliphatic carbocycles. The minimum Gasteiger partial charge on any atom is -0.394 e. The Hall–Kier alpha value is 0.660. The summed E-state index contributed by atoms with van der Waals surface area (Å²) in [4.78, 5) is 0. The van der Waals surface area contributed by atoms with Gasteiger partial charge < -0.3 is 5.11 Å². The van der Waals surface area contributed by atoms with E-state index >= 15 is 0 Å². The predicted molar refractivity (Wildman–Crippen MR) is 53.8 cm³/mol. The number of hydrogen-bond acceptors (Lipinski definition) is 3. The van der Waals surface area contributed by atoms with Gasteiger partial charge in [-0.15, -0.1) is 23.5 Å². The highest BCUT2D eigenvalue weighted by Gasteiger charge is 2.20. The van der Waals surface area contributed by atoms with Crippen LogP contribution < -0.4 is 0 Å². The third-order valence-electron chi connectivity index (χ3n) is 1.05. The lowest BCUT2D eigenvalue weighted by atomic mass is 10.6. The summed E-state index contributed by atoms with van der Waals surface area (Å²) in [6, 6.07) is 0. The highest BCUT2D eigenvalue weighted by Crippen LogP contribution is 2.36. The van der Waals surface area contributed by atoms with Gasteiger partial charge in [0.05, 0.1) is 11.2 Å². The summed E-state index contributed by atoms with van der Waals surface area (Å²) < 4.78 is 0.463. The van der Waals surface area contributed by atoms with Crippen LogP contribution in [0.25, 0.3) is 0 Å². The SMILES string of the molecule is C.C.CC1CSC(CO)S1. The standard InChI is InChI=1S/C5H10OS2.2CH4/c1-4-3-7-5(2-6)8-4;;/h4-6H,2-3H2,1H3;2*1H4. The summed E-state index contributed by atoms with van der Waals surface area (Å²) in [5.41, 5.74) is 0. The van der Waals surface area contributed by atoms with Crippen molar-refractivity contribution in [3.05, 3.63) is 0 Å². The lowest BCUT2D eigenvalue weighted by Crippen LogP contribution is -1.98. The van der Waals surface area contributed by atoms with E-state index in [0.29, 0.717) is 11.2 Å². The zero-order valence-corrected chi connectivity index (χ0v) is 6.47. The first-order chi connectivity index (χ1) is 3.83. The topological polar surface area (TPSA) is 20.2 Å². The molecule has 1 saturated heterocycles. The molecule has 1 heterocycles. The first kappa shape index (κ1) is 13.3. The largest absolute Gasteiger partial charge is 0.394 e. The minimum absolute atomic E-state index is 0. The molecule has 0 amide bonds. The summed E-state index contributed by atoms with van der Waals surface area (Å²) >= 11 is 3.74. The van der Waals surface area contributed by atoms with E-state index < -0.39 is 0 Å². The average Bonchev–Trinajstić information content (AvgIpc) is 2.14. The molecule has 2 atom stereocenters. The lowest BCUT2D eigenvalue weighted by Gasteiger charge is -2.00. The molecule has 3 heteroatoms. The molecule has 1 nitrogen and oxygen atoms in total. The van der Waals surface area contributed by atoms with E-state index in [4.69, 9.17) is 5.11 Å². The van der Waals surface area contributed by atoms with Crippen molar-refractivity contribution in [3.63, 3.8) is 0 Å². The van der Waals surface area contributed by atoms with Crippen LogP contribution in [0.5, 0.6) is 0 Å². The van der Waals surface area contributed by atoms with Gasteiger partial charge in [0.2, 0.25) is 0 Å². The van der Waals surface area contributed by atoms with Crippen molar-refractivity contribution in [2.75, 3.05) is 12.4 Å². The van der Waals surface area contributed by atoms with E-state index in [0.717, 1.165) is 5.25 Å². The number of aliphatic hydroxyl groups is 1. The second kappa shape index (κ2) is 6.38. The van der Waals surface area contributed by atoms with Gasteiger partial charge in [-0.3, -0.25) is 0 Å². The molecule has 64 valence electrons. The van der Waals surface area contributed by atoms with Gasteiger partial charge in [0.1, 0.15) is 0 Å². The smallest absolute Gasteiger partial charge is 0.0736 e. The van der Waals surface area contributed by atoms with Crippen molar-refractivity contribution >= 4 is 23.5 Å². The van der Waals surface area contributed by atoms with Gasteiger partial charge >= 0.3 is 0 Å².